The van der Waals surface area contributed by atoms with Crippen LogP contribution in [0.5, 0.6) is 11.5 Å². The molecule has 0 bridgehead atoms. The highest BCUT2D eigenvalue weighted by Crippen LogP contribution is 2.30. The quantitative estimate of drug-likeness (QED) is 0.715. The predicted molar refractivity (Wildman–Crippen MR) is 67.8 cm³/mol. The Hall–Kier alpha value is -2.28. The van der Waals surface area contributed by atoms with Gasteiger partial charge in [0.25, 0.3) is 5.91 Å². The topological polar surface area (TPSA) is 94.1 Å². The van der Waals surface area contributed by atoms with Crippen molar-refractivity contribution in [2.75, 3.05) is 26.4 Å². The van der Waals surface area contributed by atoms with Crippen LogP contribution in [0.3, 0.4) is 0 Å². The smallest absolute Gasteiger partial charge is 0.329 e. The highest BCUT2D eigenvalue weighted by molar-refractivity contribution is 5.81. The Morgan fingerprint density at radius 2 is 2.10 bits per heavy atom. The summed E-state index contributed by atoms with van der Waals surface area (Å²) in [5.74, 6) is -0.224. The SMILES string of the molecule is O=C(O)COCCNC(=O)C1COc2ccccc2O1. The van der Waals surface area contributed by atoms with E-state index in [1.54, 1.807) is 18.2 Å². The van der Waals surface area contributed by atoms with Gasteiger partial charge in [-0.25, -0.2) is 4.79 Å². The zero-order chi connectivity index (χ0) is 14.4. The average Bonchev–Trinajstić information content (AvgIpc) is 2.46. The molecule has 2 rings (SSSR count). The molecule has 0 radical (unpaired) electrons. The van der Waals surface area contributed by atoms with Crippen LogP contribution < -0.4 is 14.8 Å². The first-order valence-corrected chi connectivity index (χ1v) is 6.12. The molecular weight excluding hydrogens is 266 g/mol. The number of fused-ring (bicyclic) bond motifs is 1. The van der Waals surface area contributed by atoms with Gasteiger partial charge in [0.15, 0.2) is 11.5 Å². The molecule has 1 unspecified atom stereocenters. The molecule has 1 heterocycles. The maximum Gasteiger partial charge on any atom is 0.329 e. The van der Waals surface area contributed by atoms with Crippen molar-refractivity contribution in [1.82, 2.24) is 5.32 Å². The molecular formula is C13H15NO6. The highest BCUT2D eigenvalue weighted by atomic mass is 16.6. The minimum atomic E-state index is -1.04. The van der Waals surface area contributed by atoms with E-state index in [0.717, 1.165) is 0 Å². The summed E-state index contributed by atoms with van der Waals surface area (Å²) in [6, 6.07) is 7.11. The number of carbonyl (C=O) groups is 2. The number of amides is 1. The monoisotopic (exact) mass is 281 g/mol. The highest BCUT2D eigenvalue weighted by Gasteiger charge is 2.26. The molecule has 1 aromatic carbocycles. The largest absolute Gasteiger partial charge is 0.485 e. The molecule has 0 saturated carbocycles. The molecule has 1 aromatic rings. The third-order valence-electron chi connectivity index (χ3n) is 2.57. The summed E-state index contributed by atoms with van der Waals surface area (Å²) in [5, 5.41) is 11.0. The molecule has 0 aromatic heterocycles. The van der Waals surface area contributed by atoms with E-state index in [1.807, 2.05) is 6.07 Å². The van der Waals surface area contributed by atoms with E-state index >= 15 is 0 Å². The third kappa shape index (κ3) is 3.86. The molecule has 20 heavy (non-hydrogen) atoms. The first kappa shape index (κ1) is 14.1. The van der Waals surface area contributed by atoms with Crippen molar-refractivity contribution in [3.8, 4) is 11.5 Å². The van der Waals surface area contributed by atoms with Crippen LogP contribution >= 0.6 is 0 Å². The Kier molecular flexibility index (Phi) is 4.78. The van der Waals surface area contributed by atoms with E-state index in [-0.39, 0.29) is 32.3 Å². The van der Waals surface area contributed by atoms with Crippen LogP contribution in [-0.2, 0) is 14.3 Å². The van der Waals surface area contributed by atoms with Crippen molar-refractivity contribution < 1.29 is 28.9 Å². The molecule has 1 atom stereocenters. The number of nitrogens with one attached hydrogen (secondary N) is 1. The molecule has 0 aliphatic carbocycles. The number of ether oxygens (including phenoxy) is 3. The second kappa shape index (κ2) is 6.76. The van der Waals surface area contributed by atoms with Gasteiger partial charge in [0, 0.05) is 6.54 Å². The lowest BCUT2D eigenvalue weighted by molar-refractivity contribution is -0.142. The average molecular weight is 281 g/mol. The zero-order valence-corrected chi connectivity index (χ0v) is 10.7. The van der Waals surface area contributed by atoms with Gasteiger partial charge in [0.05, 0.1) is 6.61 Å². The van der Waals surface area contributed by atoms with E-state index in [2.05, 4.69) is 5.32 Å². The van der Waals surface area contributed by atoms with Gasteiger partial charge in [-0.3, -0.25) is 4.79 Å². The van der Waals surface area contributed by atoms with Crippen LogP contribution in [-0.4, -0.2) is 49.5 Å². The Balaban J connectivity index is 1.73. The van der Waals surface area contributed by atoms with Gasteiger partial charge < -0.3 is 24.6 Å². The number of carboxylic acid groups (broad SMARTS) is 1. The van der Waals surface area contributed by atoms with E-state index in [9.17, 15) is 9.59 Å². The van der Waals surface area contributed by atoms with Gasteiger partial charge in [-0.15, -0.1) is 0 Å². The van der Waals surface area contributed by atoms with Crippen molar-refractivity contribution >= 4 is 11.9 Å². The summed E-state index contributed by atoms with van der Waals surface area (Å²) in [7, 11) is 0. The summed E-state index contributed by atoms with van der Waals surface area (Å²) < 4.78 is 15.7. The third-order valence-corrected chi connectivity index (χ3v) is 2.57. The second-order valence-corrected chi connectivity index (χ2v) is 4.10. The molecule has 1 aliphatic heterocycles. The van der Waals surface area contributed by atoms with Crippen LogP contribution in [0.25, 0.3) is 0 Å². The molecule has 1 amide bonds. The van der Waals surface area contributed by atoms with Crippen molar-refractivity contribution in [2.24, 2.45) is 0 Å². The minimum Gasteiger partial charge on any atom is -0.485 e. The van der Waals surface area contributed by atoms with Crippen LogP contribution in [0.2, 0.25) is 0 Å². The fourth-order valence-corrected chi connectivity index (χ4v) is 1.67. The maximum atomic E-state index is 11.8. The van der Waals surface area contributed by atoms with Gasteiger partial charge in [-0.1, -0.05) is 12.1 Å². The number of hydrogen-bond donors (Lipinski definition) is 2. The van der Waals surface area contributed by atoms with E-state index in [1.165, 1.54) is 0 Å². The summed E-state index contributed by atoms with van der Waals surface area (Å²) in [6.45, 7) is 0.0982. The molecule has 7 heteroatoms. The number of aliphatic carboxylic acids is 1. The molecule has 0 fully saturated rings. The normalized spacial score (nSPS) is 16.5. The summed E-state index contributed by atoms with van der Waals surface area (Å²) in [5.41, 5.74) is 0. The Bertz CT molecular complexity index is 490. The molecule has 1 aliphatic rings. The first-order valence-electron chi connectivity index (χ1n) is 6.12. The van der Waals surface area contributed by atoms with Gasteiger partial charge in [-0.05, 0) is 12.1 Å². The van der Waals surface area contributed by atoms with Gasteiger partial charge in [0.1, 0.15) is 13.2 Å². The Morgan fingerprint density at radius 1 is 1.35 bits per heavy atom. The lowest BCUT2D eigenvalue weighted by Crippen LogP contribution is -2.44. The van der Waals surface area contributed by atoms with Crippen LogP contribution in [0.4, 0.5) is 0 Å². The first-order chi connectivity index (χ1) is 9.66. The fraction of sp³-hybridized carbons (Fsp3) is 0.385. The van der Waals surface area contributed by atoms with Gasteiger partial charge in [-0.2, -0.15) is 0 Å². The van der Waals surface area contributed by atoms with E-state index in [0.29, 0.717) is 11.5 Å². The number of carbonyl (C=O) groups excluding carboxylic acids is 1. The number of rotatable bonds is 6. The Labute approximate surface area is 115 Å². The van der Waals surface area contributed by atoms with Crippen LogP contribution in [0.1, 0.15) is 0 Å². The lowest BCUT2D eigenvalue weighted by atomic mass is 10.2. The molecule has 0 saturated heterocycles. The molecule has 108 valence electrons. The predicted octanol–water partition coefficient (Wildman–Crippen LogP) is 0.0438. The van der Waals surface area contributed by atoms with Crippen molar-refractivity contribution in [1.29, 1.82) is 0 Å². The number of hydrogen-bond acceptors (Lipinski definition) is 5. The van der Waals surface area contributed by atoms with Gasteiger partial charge in [0.2, 0.25) is 6.10 Å². The summed E-state index contributed by atoms with van der Waals surface area (Å²) in [4.78, 5) is 22.0. The summed E-state index contributed by atoms with van der Waals surface area (Å²) >= 11 is 0. The summed E-state index contributed by atoms with van der Waals surface area (Å²) in [6.07, 6.45) is -0.718. The number of benzene rings is 1. The van der Waals surface area contributed by atoms with Crippen LogP contribution in [0, 0.1) is 0 Å². The number of carboxylic acids is 1. The zero-order valence-electron chi connectivity index (χ0n) is 10.7. The van der Waals surface area contributed by atoms with Crippen LogP contribution in [0.15, 0.2) is 24.3 Å². The van der Waals surface area contributed by atoms with Crippen molar-refractivity contribution in [3.63, 3.8) is 0 Å². The minimum absolute atomic E-state index is 0.127. The second-order valence-electron chi connectivity index (χ2n) is 4.10. The molecule has 2 N–H and O–H groups in total. The van der Waals surface area contributed by atoms with Gasteiger partial charge >= 0.3 is 5.97 Å². The van der Waals surface area contributed by atoms with E-state index in [4.69, 9.17) is 19.3 Å². The molecule has 0 spiro atoms. The Morgan fingerprint density at radius 3 is 2.85 bits per heavy atom. The van der Waals surface area contributed by atoms with Crippen molar-refractivity contribution in [2.45, 2.75) is 6.10 Å². The standard InChI is InChI=1S/C13H15NO6/c15-12(16)8-18-6-5-14-13(17)11-7-19-9-3-1-2-4-10(9)20-11/h1-4,11H,5-8H2,(H,14,17)(H,15,16). The molecule has 7 nitrogen and oxygen atoms in total. The number of para-hydroxylation sites is 2. The fourth-order valence-electron chi connectivity index (χ4n) is 1.67. The maximum absolute atomic E-state index is 11.8. The van der Waals surface area contributed by atoms with E-state index < -0.39 is 12.1 Å². The lowest BCUT2D eigenvalue weighted by Gasteiger charge is -2.25. The van der Waals surface area contributed by atoms with Crippen molar-refractivity contribution in [3.05, 3.63) is 24.3 Å².